The van der Waals surface area contributed by atoms with Crippen LogP contribution in [0, 0.1) is 0 Å². The first-order valence-corrected chi connectivity index (χ1v) is 9.16. The number of rotatable bonds is 5. The van der Waals surface area contributed by atoms with Gasteiger partial charge < -0.3 is 10.1 Å². The summed E-state index contributed by atoms with van der Waals surface area (Å²) in [7, 11) is 0. The smallest absolute Gasteiger partial charge is 0.338 e. The minimum Gasteiger partial charge on any atom is -0.452 e. The molecule has 1 N–H and O–H groups in total. The number of hydrogen-bond acceptors (Lipinski definition) is 3. The molecule has 130 valence electrons. The van der Waals surface area contributed by atoms with E-state index in [0.717, 1.165) is 29.3 Å². The van der Waals surface area contributed by atoms with Crippen LogP contribution < -0.4 is 5.32 Å². The van der Waals surface area contributed by atoms with Crippen LogP contribution in [-0.2, 0) is 22.4 Å². The minimum absolute atomic E-state index is 0.153. The Morgan fingerprint density at radius 3 is 2.60 bits per heavy atom. The van der Waals surface area contributed by atoms with Gasteiger partial charge in [0.1, 0.15) is 0 Å². The van der Waals surface area contributed by atoms with Crippen molar-refractivity contribution in [2.24, 2.45) is 0 Å². The molecule has 0 spiro atoms. The Kier molecular flexibility index (Phi) is 5.53. The summed E-state index contributed by atoms with van der Waals surface area (Å²) in [4.78, 5) is 24.2. The highest BCUT2D eigenvalue weighted by Gasteiger charge is 2.16. The van der Waals surface area contributed by atoms with Crippen LogP contribution in [0.25, 0.3) is 0 Å². The summed E-state index contributed by atoms with van der Waals surface area (Å²) in [5, 5.41) is 2.83. The maximum Gasteiger partial charge on any atom is 0.338 e. The molecule has 4 nitrogen and oxygen atoms in total. The maximum absolute atomic E-state index is 12.1. The van der Waals surface area contributed by atoms with Crippen molar-refractivity contribution in [2.75, 3.05) is 6.61 Å². The lowest BCUT2D eigenvalue weighted by atomic mass is 10.1. The standard InChI is InChI=1S/C20H20BrNO3/c1-13(14-7-9-18(21)10-8-14)22-19(23)12-25-20(24)17-6-5-15-3-2-4-16(15)11-17/h5-11,13H,2-4,12H2,1H3,(H,22,23). The van der Waals surface area contributed by atoms with E-state index in [4.69, 9.17) is 4.74 Å². The van der Waals surface area contributed by atoms with Crippen molar-refractivity contribution in [3.63, 3.8) is 0 Å². The van der Waals surface area contributed by atoms with Crippen molar-refractivity contribution >= 4 is 27.8 Å². The number of nitrogens with one attached hydrogen (secondary N) is 1. The summed E-state index contributed by atoms with van der Waals surface area (Å²) >= 11 is 3.38. The maximum atomic E-state index is 12.1. The Labute approximate surface area is 155 Å². The van der Waals surface area contributed by atoms with Crippen LogP contribution >= 0.6 is 15.9 Å². The molecule has 3 rings (SSSR count). The lowest BCUT2D eigenvalue weighted by Gasteiger charge is -2.14. The molecule has 5 heteroatoms. The summed E-state index contributed by atoms with van der Waals surface area (Å²) in [6.07, 6.45) is 3.20. The highest BCUT2D eigenvalue weighted by molar-refractivity contribution is 9.10. The van der Waals surface area contributed by atoms with Crippen LogP contribution in [-0.4, -0.2) is 18.5 Å². The third-order valence-electron chi connectivity index (χ3n) is 4.42. The summed E-state index contributed by atoms with van der Waals surface area (Å²) in [5.74, 6) is -0.772. The number of fused-ring (bicyclic) bond motifs is 1. The molecule has 0 bridgehead atoms. The first-order chi connectivity index (χ1) is 12.0. The molecule has 0 aliphatic heterocycles. The molecule has 2 aromatic carbocycles. The number of benzene rings is 2. The lowest BCUT2D eigenvalue weighted by molar-refractivity contribution is -0.124. The molecule has 1 atom stereocenters. The Bertz CT molecular complexity index is 786. The van der Waals surface area contributed by atoms with E-state index in [1.165, 1.54) is 11.1 Å². The van der Waals surface area contributed by atoms with Gasteiger partial charge in [0.15, 0.2) is 6.61 Å². The Morgan fingerprint density at radius 2 is 1.84 bits per heavy atom. The predicted octanol–water partition coefficient (Wildman–Crippen LogP) is 3.97. The second kappa shape index (κ2) is 7.83. The minimum atomic E-state index is -0.457. The molecular formula is C20H20BrNO3. The van der Waals surface area contributed by atoms with Gasteiger partial charge in [-0.3, -0.25) is 4.79 Å². The number of amides is 1. The molecule has 1 aliphatic carbocycles. The van der Waals surface area contributed by atoms with Gasteiger partial charge in [0.05, 0.1) is 11.6 Å². The van der Waals surface area contributed by atoms with E-state index in [1.807, 2.05) is 43.3 Å². The van der Waals surface area contributed by atoms with E-state index in [1.54, 1.807) is 6.07 Å². The molecule has 0 saturated carbocycles. The number of esters is 1. The second-order valence-corrected chi connectivity index (χ2v) is 7.17. The molecular weight excluding hydrogens is 382 g/mol. The van der Waals surface area contributed by atoms with Crippen LogP contribution in [0.2, 0.25) is 0 Å². The van der Waals surface area contributed by atoms with Crippen LogP contribution in [0.5, 0.6) is 0 Å². The van der Waals surface area contributed by atoms with E-state index in [2.05, 4.69) is 21.2 Å². The van der Waals surface area contributed by atoms with Gasteiger partial charge in [0.25, 0.3) is 5.91 Å². The molecule has 2 aromatic rings. The Hall–Kier alpha value is -2.14. The Morgan fingerprint density at radius 1 is 1.12 bits per heavy atom. The quantitative estimate of drug-likeness (QED) is 0.770. The summed E-state index contributed by atoms with van der Waals surface area (Å²) < 4.78 is 6.13. The van der Waals surface area contributed by atoms with E-state index >= 15 is 0 Å². The zero-order chi connectivity index (χ0) is 17.8. The normalized spacial score (nSPS) is 13.8. The zero-order valence-electron chi connectivity index (χ0n) is 14.0. The molecule has 1 amide bonds. The molecule has 0 saturated heterocycles. The SMILES string of the molecule is CC(NC(=O)COC(=O)c1ccc2c(c1)CCC2)c1ccc(Br)cc1. The molecule has 1 aliphatic rings. The molecule has 0 aromatic heterocycles. The second-order valence-electron chi connectivity index (χ2n) is 6.25. The van der Waals surface area contributed by atoms with E-state index < -0.39 is 5.97 Å². The fraction of sp³-hybridized carbons (Fsp3) is 0.300. The van der Waals surface area contributed by atoms with Crippen molar-refractivity contribution in [3.8, 4) is 0 Å². The largest absolute Gasteiger partial charge is 0.452 e. The van der Waals surface area contributed by atoms with Crippen LogP contribution in [0.3, 0.4) is 0 Å². The topological polar surface area (TPSA) is 55.4 Å². The van der Waals surface area contributed by atoms with Gasteiger partial charge in [0, 0.05) is 4.47 Å². The molecule has 25 heavy (non-hydrogen) atoms. The Balaban J connectivity index is 1.51. The van der Waals surface area contributed by atoms with Crippen LogP contribution in [0.4, 0.5) is 0 Å². The first-order valence-electron chi connectivity index (χ1n) is 8.36. The van der Waals surface area contributed by atoms with E-state index in [0.29, 0.717) is 5.56 Å². The summed E-state index contributed by atoms with van der Waals surface area (Å²) in [6, 6.07) is 13.2. The number of hydrogen-bond donors (Lipinski definition) is 1. The highest BCUT2D eigenvalue weighted by atomic mass is 79.9. The predicted molar refractivity (Wildman–Crippen MR) is 99.4 cm³/mol. The number of carbonyl (C=O) groups excluding carboxylic acids is 2. The van der Waals surface area contributed by atoms with Crippen molar-refractivity contribution < 1.29 is 14.3 Å². The van der Waals surface area contributed by atoms with Gasteiger partial charge in [-0.1, -0.05) is 34.1 Å². The molecule has 0 radical (unpaired) electrons. The lowest BCUT2D eigenvalue weighted by Crippen LogP contribution is -2.31. The van der Waals surface area contributed by atoms with Crippen LogP contribution in [0.15, 0.2) is 46.9 Å². The average molecular weight is 402 g/mol. The van der Waals surface area contributed by atoms with Crippen molar-refractivity contribution in [1.82, 2.24) is 5.32 Å². The number of aryl methyl sites for hydroxylation is 2. The van der Waals surface area contributed by atoms with E-state index in [-0.39, 0.29) is 18.6 Å². The number of ether oxygens (including phenoxy) is 1. The van der Waals surface area contributed by atoms with Gasteiger partial charge >= 0.3 is 5.97 Å². The third-order valence-corrected chi connectivity index (χ3v) is 4.94. The van der Waals surface area contributed by atoms with Gasteiger partial charge in [-0.2, -0.15) is 0 Å². The number of carbonyl (C=O) groups is 2. The summed E-state index contributed by atoms with van der Waals surface area (Å²) in [5.41, 5.74) is 4.01. The zero-order valence-corrected chi connectivity index (χ0v) is 15.6. The van der Waals surface area contributed by atoms with Gasteiger partial charge in [-0.25, -0.2) is 4.79 Å². The van der Waals surface area contributed by atoms with Crippen molar-refractivity contribution in [1.29, 1.82) is 0 Å². The molecule has 0 heterocycles. The highest BCUT2D eigenvalue weighted by Crippen LogP contribution is 2.23. The van der Waals surface area contributed by atoms with Crippen molar-refractivity contribution in [2.45, 2.75) is 32.2 Å². The fourth-order valence-corrected chi connectivity index (χ4v) is 3.30. The van der Waals surface area contributed by atoms with Gasteiger partial charge in [-0.05, 0) is 67.1 Å². The summed E-state index contributed by atoms with van der Waals surface area (Å²) in [6.45, 7) is 1.61. The first kappa shape index (κ1) is 17.7. The van der Waals surface area contributed by atoms with Crippen LogP contribution in [0.1, 0.15) is 46.4 Å². The number of halogens is 1. The van der Waals surface area contributed by atoms with E-state index in [9.17, 15) is 9.59 Å². The molecule has 0 fully saturated rings. The third kappa shape index (κ3) is 4.48. The fourth-order valence-electron chi connectivity index (χ4n) is 3.03. The monoisotopic (exact) mass is 401 g/mol. The van der Waals surface area contributed by atoms with Gasteiger partial charge in [-0.15, -0.1) is 0 Å². The van der Waals surface area contributed by atoms with Crippen molar-refractivity contribution in [3.05, 3.63) is 69.2 Å². The van der Waals surface area contributed by atoms with Gasteiger partial charge in [0.2, 0.25) is 0 Å². The average Bonchev–Trinajstić information content (AvgIpc) is 3.07. The molecule has 1 unspecified atom stereocenters.